The van der Waals surface area contributed by atoms with Crippen molar-refractivity contribution in [3.8, 4) is 0 Å². The summed E-state index contributed by atoms with van der Waals surface area (Å²) in [5.41, 5.74) is 0. The van der Waals surface area contributed by atoms with Crippen LogP contribution in [0, 0.1) is 0 Å². The van der Waals surface area contributed by atoms with Crippen LogP contribution in [0.2, 0.25) is 0 Å². The number of hydrogen-bond acceptors (Lipinski definition) is 5. The highest BCUT2D eigenvalue weighted by atomic mass is 32.3. The van der Waals surface area contributed by atoms with Gasteiger partial charge in [0.25, 0.3) is 0 Å². The third-order valence-corrected chi connectivity index (χ3v) is 2.12. The van der Waals surface area contributed by atoms with E-state index in [0.29, 0.717) is 0 Å². The third kappa shape index (κ3) is 6.81. The fraction of sp³-hybridized carbons (Fsp3) is 0.857. The lowest BCUT2D eigenvalue weighted by molar-refractivity contribution is -0.482. The third-order valence-electron chi connectivity index (χ3n) is 1.71. The quantitative estimate of drug-likeness (QED) is 0.345. The molecule has 0 amide bonds. The van der Waals surface area contributed by atoms with E-state index >= 15 is 0 Å². The maximum Gasteiger partial charge on any atom is 0.234 e. The molecule has 14 heavy (non-hydrogen) atoms. The van der Waals surface area contributed by atoms with Gasteiger partial charge in [-0.3, -0.25) is 13.7 Å². The van der Waals surface area contributed by atoms with E-state index in [2.05, 4.69) is 34.0 Å². The summed E-state index contributed by atoms with van der Waals surface area (Å²) < 4.78 is 33.2. The Morgan fingerprint density at radius 3 is 2.29 bits per heavy atom. The van der Waals surface area contributed by atoms with E-state index in [-0.39, 0.29) is 0 Å². The molecule has 1 aliphatic heterocycles. The number of hydrogen-bond donors (Lipinski definition) is 0. The Morgan fingerprint density at radius 2 is 2.14 bits per heavy atom. The standard InChI is InChI=1S/C6H13N2.CH4O4S/c1-3-8-5-4-7(2)6-8;1-5-6(2,3)4/h6H,3-5H2,1-2H3;1H3,(H,2,3,4)/q+1;/p-1. The van der Waals surface area contributed by atoms with Gasteiger partial charge >= 0.3 is 0 Å². The van der Waals surface area contributed by atoms with Crippen LogP contribution in [0.5, 0.6) is 0 Å². The summed E-state index contributed by atoms with van der Waals surface area (Å²) in [6.07, 6.45) is 2.17. The first-order chi connectivity index (χ1) is 6.39. The Bertz CT molecular complexity index is 286. The average Bonchev–Trinajstić information content (AvgIpc) is 2.51. The van der Waals surface area contributed by atoms with Gasteiger partial charge in [0.1, 0.15) is 13.1 Å². The van der Waals surface area contributed by atoms with Gasteiger partial charge in [0.15, 0.2) is 0 Å². The molecule has 0 saturated heterocycles. The molecule has 0 N–H and O–H groups in total. The average molecular weight is 224 g/mol. The lowest BCUT2D eigenvalue weighted by Crippen LogP contribution is -2.18. The molecule has 0 aromatic carbocycles. The van der Waals surface area contributed by atoms with Crippen molar-refractivity contribution in [3.05, 3.63) is 0 Å². The van der Waals surface area contributed by atoms with Crippen LogP contribution in [0.1, 0.15) is 6.92 Å². The van der Waals surface area contributed by atoms with Crippen molar-refractivity contribution in [1.82, 2.24) is 4.90 Å². The summed E-state index contributed by atoms with van der Waals surface area (Å²) in [4.78, 5) is 2.31. The first-order valence-electron chi connectivity index (χ1n) is 4.19. The highest BCUT2D eigenvalue weighted by molar-refractivity contribution is 7.80. The Labute approximate surface area is 84.7 Å². The molecule has 0 unspecified atom stereocenters. The van der Waals surface area contributed by atoms with Crippen LogP contribution in [-0.2, 0) is 14.6 Å². The minimum absolute atomic E-state index is 0.808. The molecule has 0 aliphatic carbocycles. The van der Waals surface area contributed by atoms with Gasteiger partial charge in [0.2, 0.25) is 16.7 Å². The predicted octanol–water partition coefficient (Wildman–Crippen LogP) is -0.914. The van der Waals surface area contributed by atoms with Crippen molar-refractivity contribution in [2.75, 3.05) is 33.8 Å². The first-order valence-corrected chi connectivity index (χ1v) is 5.53. The zero-order chi connectivity index (χ0) is 11.2. The van der Waals surface area contributed by atoms with E-state index in [0.717, 1.165) is 13.7 Å². The van der Waals surface area contributed by atoms with E-state index in [1.54, 1.807) is 0 Å². The summed E-state index contributed by atoms with van der Waals surface area (Å²) in [5, 5.41) is 0. The molecular formula is C7H16N2O4S. The Balaban J connectivity index is 0.000000255. The van der Waals surface area contributed by atoms with Crippen molar-refractivity contribution in [3.63, 3.8) is 0 Å². The van der Waals surface area contributed by atoms with Gasteiger partial charge in [-0.2, -0.15) is 0 Å². The van der Waals surface area contributed by atoms with Gasteiger partial charge in [-0.15, -0.1) is 0 Å². The molecule has 84 valence electrons. The maximum absolute atomic E-state index is 9.22. The lowest BCUT2D eigenvalue weighted by atomic mass is 10.6. The first kappa shape index (κ1) is 13.3. The van der Waals surface area contributed by atoms with Gasteiger partial charge in [0, 0.05) is 0 Å². The second-order valence-corrected chi connectivity index (χ2v) is 3.95. The maximum atomic E-state index is 9.22. The molecule has 1 heterocycles. The van der Waals surface area contributed by atoms with Gasteiger partial charge in [-0.1, -0.05) is 0 Å². The van der Waals surface area contributed by atoms with E-state index in [4.69, 9.17) is 0 Å². The Morgan fingerprint density at radius 1 is 1.64 bits per heavy atom. The van der Waals surface area contributed by atoms with Gasteiger partial charge in [0.05, 0.1) is 20.7 Å². The topological polar surface area (TPSA) is 72.7 Å². The monoisotopic (exact) mass is 224 g/mol. The minimum atomic E-state index is -4.41. The molecule has 0 aromatic heterocycles. The molecule has 0 saturated carbocycles. The molecule has 0 fully saturated rings. The van der Waals surface area contributed by atoms with Crippen molar-refractivity contribution in [1.29, 1.82) is 0 Å². The largest absolute Gasteiger partial charge is 0.726 e. The van der Waals surface area contributed by atoms with E-state index in [1.807, 2.05) is 0 Å². The van der Waals surface area contributed by atoms with Gasteiger partial charge in [-0.25, -0.2) is 8.42 Å². The normalized spacial score (nSPS) is 16.0. The van der Waals surface area contributed by atoms with Crippen molar-refractivity contribution in [2.24, 2.45) is 0 Å². The molecule has 0 bridgehead atoms. The zero-order valence-electron chi connectivity index (χ0n) is 8.63. The number of nitrogens with zero attached hydrogens (tertiary/aromatic N) is 2. The van der Waals surface area contributed by atoms with E-state index in [9.17, 15) is 13.0 Å². The Kier molecular flexibility index (Phi) is 5.66. The smallest absolute Gasteiger partial charge is 0.234 e. The second-order valence-electron chi connectivity index (χ2n) is 2.80. The molecular weight excluding hydrogens is 208 g/mol. The zero-order valence-corrected chi connectivity index (χ0v) is 9.45. The highest BCUT2D eigenvalue weighted by Crippen LogP contribution is 1.88. The van der Waals surface area contributed by atoms with Crippen molar-refractivity contribution >= 4 is 16.7 Å². The summed E-state index contributed by atoms with van der Waals surface area (Å²) in [5.74, 6) is 0. The molecule has 7 heteroatoms. The van der Waals surface area contributed by atoms with Crippen LogP contribution >= 0.6 is 0 Å². The van der Waals surface area contributed by atoms with Gasteiger partial charge < -0.3 is 4.55 Å². The van der Waals surface area contributed by atoms with Gasteiger partial charge in [-0.05, 0) is 6.92 Å². The molecule has 6 nitrogen and oxygen atoms in total. The van der Waals surface area contributed by atoms with E-state index in [1.165, 1.54) is 13.1 Å². The molecule has 1 rings (SSSR count). The van der Waals surface area contributed by atoms with Crippen molar-refractivity contribution in [2.45, 2.75) is 6.92 Å². The Hall–Kier alpha value is -0.660. The van der Waals surface area contributed by atoms with Crippen LogP contribution in [0.25, 0.3) is 0 Å². The lowest BCUT2D eigenvalue weighted by Gasteiger charge is -1.98. The fourth-order valence-corrected chi connectivity index (χ4v) is 0.920. The highest BCUT2D eigenvalue weighted by Gasteiger charge is 2.12. The molecule has 0 radical (unpaired) electrons. The fourth-order valence-electron chi connectivity index (χ4n) is 0.920. The van der Waals surface area contributed by atoms with Crippen LogP contribution in [-0.4, -0.2) is 62.6 Å². The second kappa shape index (κ2) is 5.94. The summed E-state index contributed by atoms with van der Waals surface area (Å²) in [7, 11) is -1.50. The van der Waals surface area contributed by atoms with Crippen molar-refractivity contribution < 1.29 is 21.7 Å². The summed E-state index contributed by atoms with van der Waals surface area (Å²) in [6, 6.07) is 0. The van der Waals surface area contributed by atoms with Crippen LogP contribution in [0.3, 0.4) is 0 Å². The van der Waals surface area contributed by atoms with E-state index < -0.39 is 10.4 Å². The molecule has 0 spiro atoms. The van der Waals surface area contributed by atoms with Crippen LogP contribution in [0.4, 0.5) is 0 Å². The number of likely N-dealkylation sites (N-methyl/N-ethyl adjacent to an activating group) is 2. The predicted molar refractivity (Wildman–Crippen MR) is 51.1 cm³/mol. The van der Waals surface area contributed by atoms with Crippen LogP contribution in [0.15, 0.2) is 0 Å². The molecule has 1 aliphatic rings. The molecule has 0 aromatic rings. The number of rotatable bonds is 2. The summed E-state index contributed by atoms with van der Waals surface area (Å²) >= 11 is 0. The SMILES string of the molecule is CCN1C=[N+](C)CC1.COS(=O)(=O)[O-]. The van der Waals surface area contributed by atoms with Crippen LogP contribution < -0.4 is 0 Å². The minimum Gasteiger partial charge on any atom is -0.726 e. The molecule has 0 atom stereocenters. The summed E-state index contributed by atoms with van der Waals surface area (Å²) in [6.45, 7) is 5.71.